The molecule has 2 saturated heterocycles. The van der Waals surface area contributed by atoms with Crippen LogP contribution in [0.25, 0.3) is 0 Å². The van der Waals surface area contributed by atoms with Gasteiger partial charge in [-0.05, 0) is 149 Å². The minimum absolute atomic E-state index is 0. The topological polar surface area (TPSA) is 149 Å². The van der Waals surface area contributed by atoms with E-state index in [1.54, 1.807) is 9.80 Å². The van der Waals surface area contributed by atoms with E-state index in [4.69, 9.17) is 0 Å². The Morgan fingerprint density at radius 1 is 0.569 bits per heavy atom. The van der Waals surface area contributed by atoms with E-state index in [-0.39, 0.29) is 135 Å². The van der Waals surface area contributed by atoms with Crippen molar-refractivity contribution in [1.29, 1.82) is 0 Å². The molecule has 2 aliphatic heterocycles. The number of hydrogen-bond acceptors (Lipinski definition) is 6. The van der Waals surface area contributed by atoms with Gasteiger partial charge in [0.05, 0.1) is 34.5 Å². The first-order valence-electron chi connectivity index (χ1n) is 25.8. The molecule has 11 heteroatoms. The van der Waals surface area contributed by atoms with Gasteiger partial charge in [-0.15, -0.1) is 0 Å². The summed E-state index contributed by atoms with van der Waals surface area (Å²) in [5, 5.41) is 21.0. The number of unbranched alkanes of at least 4 members (excludes halogenated alkanes) is 3. The molecule has 10 aliphatic carbocycles. The zero-order valence-electron chi connectivity index (χ0n) is 41.0. The third-order valence-corrected chi connectivity index (χ3v) is 22.0. The Bertz CT molecular complexity index is 2000. The predicted octanol–water partition coefficient (Wildman–Crippen LogP) is 6.57. The molecule has 8 fully saturated rings. The van der Waals surface area contributed by atoms with Crippen molar-refractivity contribution in [2.24, 2.45) is 104 Å². The van der Waals surface area contributed by atoms with Gasteiger partial charge >= 0.3 is 41.5 Å². The number of fused-ring (bicyclic) bond motifs is 2. The van der Waals surface area contributed by atoms with Crippen LogP contribution in [0.4, 0.5) is 0 Å². The van der Waals surface area contributed by atoms with E-state index in [2.05, 4.69) is 53.7 Å². The average Bonchev–Trinajstić information content (AvgIpc) is 3.67. The van der Waals surface area contributed by atoms with Gasteiger partial charge in [-0.3, -0.25) is 38.6 Å². The molecule has 2 spiro atoms. The molecule has 12 rings (SSSR count). The van der Waals surface area contributed by atoms with Gasteiger partial charge in [0.2, 0.25) is 23.6 Å². The molecule has 0 aromatic carbocycles. The number of carboxylic acids is 2. The number of carbonyl (C=O) groups excluding carboxylic acids is 4. The molecule has 16 atom stereocenters. The van der Waals surface area contributed by atoms with Gasteiger partial charge in [0.25, 0.3) is 0 Å². The minimum atomic E-state index is -0.776. The fourth-order valence-corrected chi connectivity index (χ4v) is 19.4. The fourth-order valence-electron chi connectivity index (χ4n) is 19.4. The molecular weight excluding hydrogens is 828 g/mol. The molecule has 4 bridgehead atoms. The van der Waals surface area contributed by atoms with Crippen LogP contribution < -0.4 is 29.6 Å². The summed E-state index contributed by atoms with van der Waals surface area (Å²) in [5.74, 6) is -1.91. The summed E-state index contributed by atoms with van der Waals surface area (Å²) < 4.78 is 0. The maximum atomic E-state index is 14.7. The number of nitrogens with zero attached hydrogens (tertiary/aromatic N) is 2. The van der Waals surface area contributed by atoms with Crippen molar-refractivity contribution in [1.82, 2.24) is 9.80 Å². The normalized spacial score (nSPS) is 46.8. The number of likely N-dealkylation sites (tertiary alicyclic amines) is 2. The Morgan fingerprint density at radius 3 is 1.28 bits per heavy atom. The van der Waals surface area contributed by atoms with E-state index in [1.165, 1.54) is 11.1 Å². The van der Waals surface area contributed by atoms with E-state index in [0.717, 1.165) is 77.0 Å². The van der Waals surface area contributed by atoms with Crippen LogP contribution in [-0.4, -0.2) is 68.7 Å². The van der Waals surface area contributed by atoms with Gasteiger partial charge in [0.15, 0.2) is 0 Å². The van der Waals surface area contributed by atoms with Crippen LogP contribution in [0.2, 0.25) is 0 Å². The van der Waals surface area contributed by atoms with Crippen molar-refractivity contribution in [2.75, 3.05) is 13.1 Å². The SMILES string of the molecule is CC(C)C1=CC23CCC4C(C)(C(=O)O)CCCC4(C)C2CC1C1C(=O)N(CCCCCCN2C(=O)C4C5CC6C7(C)CCCC(C)(C(=O)O)C7CCC6(C=C5C(C)C)C4C2=O)C(=O)C13.[Na+]. The van der Waals surface area contributed by atoms with E-state index < -0.39 is 33.6 Å². The van der Waals surface area contributed by atoms with E-state index in [9.17, 15) is 39.0 Å². The number of amides is 4. The van der Waals surface area contributed by atoms with Crippen LogP contribution >= 0.6 is 0 Å². The molecule has 0 radical (unpaired) electrons. The monoisotopic (exact) mass is 904 g/mol. The zero-order chi connectivity index (χ0) is 45.8. The molecule has 65 heavy (non-hydrogen) atoms. The standard InChI is InChI=1S/C54H76N2O8.Na/c1-29(2)33-27-53-21-15-35-49(5,17-13-19-51(35,7)47(61)62)37(53)25-31(33)39-41(53)45(59)55(43(39)57)23-11-9-10-12-24-56-44(58)40-32-26-38-50(6)18-14-20-52(8,48(63)64)36(50)16-22-54(38,42(40)46(56)60)28-34(32)30(3)4;/h27-32,35-42H,9-26H2,1-8H3,(H,61,62)(H,63,64);/q;+1. The Hall–Kier alpha value is -2.30. The van der Waals surface area contributed by atoms with Crippen molar-refractivity contribution in [3.05, 3.63) is 23.3 Å². The van der Waals surface area contributed by atoms with Crippen LogP contribution in [0.1, 0.15) is 158 Å². The summed E-state index contributed by atoms with van der Waals surface area (Å²) in [7, 11) is 0. The van der Waals surface area contributed by atoms with Gasteiger partial charge in [-0.25, -0.2) is 0 Å². The molecular formula is C54H76N2NaO8+. The summed E-state index contributed by atoms with van der Waals surface area (Å²) in [4.78, 5) is 87.2. The fraction of sp³-hybridized carbons (Fsp3) is 0.815. The van der Waals surface area contributed by atoms with Crippen molar-refractivity contribution in [3.8, 4) is 0 Å². The second-order valence-electron chi connectivity index (χ2n) is 25.0. The first kappa shape index (κ1) is 47.8. The minimum Gasteiger partial charge on any atom is -0.481 e. The Kier molecular flexibility index (Phi) is 11.7. The predicted molar refractivity (Wildman–Crippen MR) is 241 cm³/mol. The van der Waals surface area contributed by atoms with Gasteiger partial charge in [-0.1, -0.05) is 90.5 Å². The van der Waals surface area contributed by atoms with E-state index in [1.807, 2.05) is 13.8 Å². The molecule has 0 aromatic heterocycles. The van der Waals surface area contributed by atoms with Crippen molar-refractivity contribution >= 4 is 35.6 Å². The molecule has 6 saturated carbocycles. The van der Waals surface area contributed by atoms with E-state index >= 15 is 0 Å². The molecule has 16 unspecified atom stereocenters. The quantitative estimate of drug-likeness (QED) is 0.102. The molecule has 0 aromatic rings. The molecule has 2 N–H and O–H groups in total. The van der Waals surface area contributed by atoms with E-state index in [0.29, 0.717) is 38.8 Å². The summed E-state index contributed by atoms with van der Waals surface area (Å²) in [6.07, 6.45) is 17.6. The smallest absolute Gasteiger partial charge is 0.481 e. The Morgan fingerprint density at radius 2 is 0.938 bits per heavy atom. The second kappa shape index (κ2) is 15.9. The number of carbonyl (C=O) groups is 6. The first-order valence-corrected chi connectivity index (χ1v) is 25.8. The summed E-state index contributed by atoms with van der Waals surface area (Å²) in [6.45, 7) is 18.1. The number of carboxylic acid groups (broad SMARTS) is 2. The third kappa shape index (κ3) is 6.18. The van der Waals surface area contributed by atoms with Crippen LogP contribution in [-0.2, 0) is 28.8 Å². The van der Waals surface area contributed by atoms with Gasteiger partial charge in [0.1, 0.15) is 0 Å². The summed E-state index contributed by atoms with van der Waals surface area (Å²) >= 11 is 0. The van der Waals surface area contributed by atoms with Crippen LogP contribution in [0.15, 0.2) is 23.3 Å². The first-order chi connectivity index (χ1) is 30.1. The van der Waals surface area contributed by atoms with Crippen molar-refractivity contribution in [3.63, 3.8) is 0 Å². The largest absolute Gasteiger partial charge is 1.00 e. The van der Waals surface area contributed by atoms with Gasteiger partial charge < -0.3 is 10.2 Å². The Balaban J connectivity index is 0.00000533. The maximum absolute atomic E-state index is 14.7. The van der Waals surface area contributed by atoms with Gasteiger partial charge in [0, 0.05) is 23.9 Å². The Labute approximate surface area is 409 Å². The molecule has 4 amide bonds. The van der Waals surface area contributed by atoms with Crippen molar-refractivity contribution < 1.29 is 68.5 Å². The second-order valence-corrected chi connectivity index (χ2v) is 25.0. The maximum Gasteiger partial charge on any atom is 1.00 e. The third-order valence-electron chi connectivity index (χ3n) is 22.0. The molecule has 350 valence electrons. The van der Waals surface area contributed by atoms with Gasteiger partial charge in [-0.2, -0.15) is 0 Å². The van der Waals surface area contributed by atoms with Crippen LogP contribution in [0.5, 0.6) is 0 Å². The zero-order valence-corrected chi connectivity index (χ0v) is 43.0. The molecule has 2 heterocycles. The van der Waals surface area contributed by atoms with Crippen LogP contribution in [0.3, 0.4) is 0 Å². The number of hydrogen-bond donors (Lipinski definition) is 2. The van der Waals surface area contributed by atoms with Crippen molar-refractivity contribution in [2.45, 2.75) is 158 Å². The number of rotatable bonds is 11. The average molecular weight is 904 g/mol. The van der Waals surface area contributed by atoms with Crippen LogP contribution in [0, 0.1) is 104 Å². The number of imide groups is 2. The summed E-state index contributed by atoms with van der Waals surface area (Å²) in [6, 6.07) is 0. The molecule has 12 aliphatic rings. The number of aliphatic carboxylic acids is 2. The molecule has 10 nitrogen and oxygen atoms in total. The summed E-state index contributed by atoms with van der Waals surface area (Å²) in [5.41, 5.74) is -0.169. The number of allylic oxidation sites excluding steroid dienone is 4.